The summed E-state index contributed by atoms with van der Waals surface area (Å²) >= 11 is 0. The van der Waals surface area contributed by atoms with Gasteiger partial charge in [0.1, 0.15) is 0 Å². The number of carbonyl (C=O) groups is 1. The number of hydrogen-bond acceptors (Lipinski definition) is 4. The Kier molecular flexibility index (Phi) is 4.74. The zero-order valence-electron chi connectivity index (χ0n) is 11.6. The Hall–Kier alpha value is -1.62. The predicted molar refractivity (Wildman–Crippen MR) is 72.8 cm³/mol. The lowest BCUT2D eigenvalue weighted by atomic mass is 10.1. The molecule has 0 N–H and O–H groups in total. The molecule has 1 aliphatic rings. The van der Waals surface area contributed by atoms with E-state index in [1.807, 2.05) is 19.2 Å². The van der Waals surface area contributed by atoms with E-state index in [0.29, 0.717) is 12.6 Å². The molecule has 0 aliphatic carbocycles. The molecule has 5 heteroatoms. The normalized spacial score (nSPS) is 18.1. The van der Waals surface area contributed by atoms with Gasteiger partial charge in [-0.2, -0.15) is 0 Å². The Labute approximate surface area is 114 Å². The molecule has 1 aliphatic heterocycles. The van der Waals surface area contributed by atoms with Crippen LogP contribution in [0.5, 0.6) is 0 Å². The number of carbonyl (C=O) groups excluding carboxylic acids is 1. The van der Waals surface area contributed by atoms with E-state index >= 15 is 0 Å². The average Bonchev–Trinajstić information content (AvgIpc) is 2.48. The lowest BCUT2D eigenvalue weighted by Crippen LogP contribution is -2.49. The number of aromatic nitrogens is 1. The minimum absolute atomic E-state index is 0.198. The summed E-state index contributed by atoms with van der Waals surface area (Å²) in [6.45, 7) is 7.64. The molecule has 1 fully saturated rings. The Morgan fingerprint density at radius 1 is 1.42 bits per heavy atom. The maximum Gasteiger partial charge on any atom is 0.409 e. The number of piperazine rings is 1. The highest BCUT2D eigenvalue weighted by Gasteiger charge is 2.25. The Morgan fingerprint density at radius 2 is 2.16 bits per heavy atom. The minimum atomic E-state index is -0.198. The second kappa shape index (κ2) is 6.52. The smallest absolute Gasteiger partial charge is 0.409 e. The van der Waals surface area contributed by atoms with Gasteiger partial charge in [0.25, 0.3) is 0 Å². The van der Waals surface area contributed by atoms with Crippen molar-refractivity contribution in [3.05, 3.63) is 30.1 Å². The number of rotatable bonds is 3. The molecule has 0 bridgehead atoms. The maximum atomic E-state index is 11.6. The van der Waals surface area contributed by atoms with Crippen molar-refractivity contribution in [2.45, 2.75) is 19.9 Å². The molecule has 0 spiro atoms. The van der Waals surface area contributed by atoms with E-state index < -0.39 is 0 Å². The van der Waals surface area contributed by atoms with Gasteiger partial charge in [-0.05, 0) is 25.5 Å². The zero-order chi connectivity index (χ0) is 13.7. The summed E-state index contributed by atoms with van der Waals surface area (Å²) in [7, 11) is 0. The molecule has 19 heavy (non-hydrogen) atoms. The molecule has 1 aromatic heterocycles. The summed E-state index contributed by atoms with van der Waals surface area (Å²) in [5, 5.41) is 0. The first-order valence-corrected chi connectivity index (χ1v) is 6.78. The van der Waals surface area contributed by atoms with E-state index in [9.17, 15) is 4.79 Å². The fraction of sp³-hybridized carbons (Fsp3) is 0.571. The lowest BCUT2D eigenvalue weighted by molar-refractivity contribution is 0.0686. The van der Waals surface area contributed by atoms with Crippen LogP contribution < -0.4 is 0 Å². The van der Waals surface area contributed by atoms with E-state index in [1.54, 1.807) is 11.1 Å². The Balaban J connectivity index is 1.88. The van der Waals surface area contributed by atoms with Gasteiger partial charge in [0.15, 0.2) is 0 Å². The first-order chi connectivity index (χ1) is 9.22. The van der Waals surface area contributed by atoms with Crippen molar-refractivity contribution in [3.8, 4) is 0 Å². The molecule has 1 unspecified atom stereocenters. The summed E-state index contributed by atoms with van der Waals surface area (Å²) < 4.78 is 5.02. The summed E-state index contributed by atoms with van der Waals surface area (Å²) in [5.74, 6) is 0. The lowest BCUT2D eigenvalue weighted by Gasteiger charge is -2.37. The van der Waals surface area contributed by atoms with Crippen molar-refractivity contribution >= 4 is 6.09 Å². The van der Waals surface area contributed by atoms with Crippen LogP contribution in [0.3, 0.4) is 0 Å². The van der Waals surface area contributed by atoms with Crippen molar-refractivity contribution < 1.29 is 9.53 Å². The molecule has 1 amide bonds. The van der Waals surface area contributed by atoms with Crippen LogP contribution in [-0.4, -0.2) is 53.7 Å². The van der Waals surface area contributed by atoms with Crippen LogP contribution in [0.2, 0.25) is 0 Å². The molecule has 1 aromatic rings. The van der Waals surface area contributed by atoms with Gasteiger partial charge in [0.2, 0.25) is 0 Å². The van der Waals surface area contributed by atoms with E-state index in [2.05, 4.69) is 22.9 Å². The molecule has 104 valence electrons. The highest BCUT2D eigenvalue weighted by molar-refractivity contribution is 5.67. The highest BCUT2D eigenvalue weighted by atomic mass is 16.6. The van der Waals surface area contributed by atoms with Crippen LogP contribution in [0.15, 0.2) is 24.5 Å². The summed E-state index contributed by atoms with van der Waals surface area (Å²) in [5.41, 5.74) is 1.21. The van der Waals surface area contributed by atoms with Crippen LogP contribution in [0.25, 0.3) is 0 Å². The number of ether oxygens (including phenoxy) is 1. The molecule has 0 radical (unpaired) electrons. The molecule has 2 heterocycles. The second-order valence-corrected chi connectivity index (χ2v) is 4.68. The van der Waals surface area contributed by atoms with Crippen LogP contribution >= 0.6 is 0 Å². The van der Waals surface area contributed by atoms with Gasteiger partial charge in [-0.25, -0.2) is 4.79 Å². The third kappa shape index (κ3) is 3.44. The van der Waals surface area contributed by atoms with Gasteiger partial charge >= 0.3 is 6.09 Å². The molecular weight excluding hydrogens is 242 g/mol. The van der Waals surface area contributed by atoms with Gasteiger partial charge in [-0.15, -0.1) is 0 Å². The van der Waals surface area contributed by atoms with Crippen molar-refractivity contribution in [2.24, 2.45) is 0 Å². The molecule has 0 aromatic carbocycles. The first-order valence-electron chi connectivity index (χ1n) is 6.78. The second-order valence-electron chi connectivity index (χ2n) is 4.68. The monoisotopic (exact) mass is 263 g/mol. The van der Waals surface area contributed by atoms with Gasteiger partial charge in [0.05, 0.1) is 6.61 Å². The van der Waals surface area contributed by atoms with Crippen LogP contribution in [-0.2, 0) is 4.74 Å². The standard InChI is InChI=1S/C14H21N3O2/c1-3-19-14(18)17-9-7-16(8-10-17)12(2)13-5-4-6-15-11-13/h4-6,11-12H,3,7-10H2,1-2H3. The predicted octanol–water partition coefficient (Wildman–Crippen LogP) is 1.92. The molecule has 1 saturated heterocycles. The molecular formula is C14H21N3O2. The minimum Gasteiger partial charge on any atom is -0.450 e. The Morgan fingerprint density at radius 3 is 2.74 bits per heavy atom. The SMILES string of the molecule is CCOC(=O)N1CCN(C(C)c2cccnc2)CC1. The van der Waals surface area contributed by atoms with E-state index in [1.165, 1.54) is 5.56 Å². The van der Waals surface area contributed by atoms with Crippen LogP contribution in [0.4, 0.5) is 4.79 Å². The first kappa shape index (κ1) is 13.8. The van der Waals surface area contributed by atoms with Crippen molar-refractivity contribution in [2.75, 3.05) is 32.8 Å². The van der Waals surface area contributed by atoms with Gasteiger partial charge in [-0.3, -0.25) is 9.88 Å². The summed E-state index contributed by atoms with van der Waals surface area (Å²) in [6.07, 6.45) is 3.49. The third-order valence-corrected chi connectivity index (χ3v) is 3.55. The highest BCUT2D eigenvalue weighted by Crippen LogP contribution is 2.20. The number of nitrogens with zero attached hydrogens (tertiary/aromatic N) is 3. The Bertz CT molecular complexity index is 402. The zero-order valence-corrected chi connectivity index (χ0v) is 11.6. The van der Waals surface area contributed by atoms with E-state index in [-0.39, 0.29) is 6.09 Å². The number of amides is 1. The van der Waals surface area contributed by atoms with Crippen molar-refractivity contribution in [1.29, 1.82) is 0 Å². The number of hydrogen-bond donors (Lipinski definition) is 0. The summed E-state index contributed by atoms with van der Waals surface area (Å²) in [4.78, 5) is 19.9. The van der Waals surface area contributed by atoms with Crippen molar-refractivity contribution in [1.82, 2.24) is 14.8 Å². The largest absolute Gasteiger partial charge is 0.450 e. The topological polar surface area (TPSA) is 45.7 Å². The molecule has 0 saturated carbocycles. The van der Waals surface area contributed by atoms with Gasteiger partial charge < -0.3 is 9.64 Å². The fourth-order valence-electron chi connectivity index (χ4n) is 2.34. The van der Waals surface area contributed by atoms with E-state index in [4.69, 9.17) is 4.74 Å². The fourth-order valence-corrected chi connectivity index (χ4v) is 2.34. The van der Waals surface area contributed by atoms with E-state index in [0.717, 1.165) is 26.2 Å². The number of pyridine rings is 1. The third-order valence-electron chi connectivity index (χ3n) is 3.55. The quantitative estimate of drug-likeness (QED) is 0.836. The molecule has 2 rings (SSSR count). The maximum absolute atomic E-state index is 11.6. The summed E-state index contributed by atoms with van der Waals surface area (Å²) in [6, 6.07) is 4.38. The van der Waals surface area contributed by atoms with Gasteiger partial charge in [0, 0.05) is 44.6 Å². The van der Waals surface area contributed by atoms with Crippen LogP contribution in [0.1, 0.15) is 25.5 Å². The average molecular weight is 263 g/mol. The molecule has 1 atom stereocenters. The molecule has 5 nitrogen and oxygen atoms in total. The van der Waals surface area contributed by atoms with Crippen molar-refractivity contribution in [3.63, 3.8) is 0 Å². The van der Waals surface area contributed by atoms with Gasteiger partial charge in [-0.1, -0.05) is 6.07 Å². The van der Waals surface area contributed by atoms with Crippen LogP contribution in [0, 0.1) is 0 Å².